The van der Waals surface area contributed by atoms with E-state index in [0.29, 0.717) is 0 Å². The minimum absolute atomic E-state index is 0.0388. The zero-order valence-corrected chi connectivity index (χ0v) is 13.1. The molecule has 0 aliphatic carbocycles. The highest BCUT2D eigenvalue weighted by Gasteiger charge is 2.07. The van der Waals surface area contributed by atoms with E-state index < -0.39 is 0 Å². The Kier molecular flexibility index (Phi) is 4.69. The summed E-state index contributed by atoms with van der Waals surface area (Å²) >= 11 is 0. The Morgan fingerprint density at radius 3 is 2.39 bits per heavy atom. The Labute approximate surface area is 136 Å². The summed E-state index contributed by atoms with van der Waals surface area (Å²) in [6.45, 7) is 2.33. The molecule has 0 saturated heterocycles. The van der Waals surface area contributed by atoms with E-state index in [9.17, 15) is 4.79 Å². The molecule has 0 aromatic heterocycles. The van der Waals surface area contributed by atoms with Crippen LogP contribution in [0.2, 0.25) is 0 Å². The van der Waals surface area contributed by atoms with Gasteiger partial charge in [-0.25, -0.2) is 0 Å². The predicted octanol–water partition coefficient (Wildman–Crippen LogP) is 4.13. The first kappa shape index (κ1) is 15.3. The van der Waals surface area contributed by atoms with Crippen LogP contribution >= 0.6 is 0 Å². The number of nitrogens with one attached hydrogen (secondary N) is 2. The average Bonchev–Trinajstić information content (AvgIpc) is 2.60. The van der Waals surface area contributed by atoms with Gasteiger partial charge in [0.1, 0.15) is 0 Å². The van der Waals surface area contributed by atoms with E-state index in [1.165, 1.54) is 10.9 Å². The maximum absolute atomic E-state index is 12.1. The van der Waals surface area contributed by atoms with Gasteiger partial charge in [-0.3, -0.25) is 4.79 Å². The fraction of sp³-hybridized carbons (Fsp3) is 0.150. The fourth-order valence-electron chi connectivity index (χ4n) is 2.58. The Balaban J connectivity index is 1.58. The molecule has 0 spiro atoms. The maximum Gasteiger partial charge on any atom is 0.238 e. The second-order valence-corrected chi connectivity index (χ2v) is 5.62. The van der Waals surface area contributed by atoms with Gasteiger partial charge in [0.15, 0.2) is 0 Å². The van der Waals surface area contributed by atoms with Gasteiger partial charge in [0.25, 0.3) is 0 Å². The Hall–Kier alpha value is -2.65. The lowest BCUT2D eigenvalue weighted by Crippen LogP contribution is -2.30. The molecule has 1 atom stereocenters. The van der Waals surface area contributed by atoms with E-state index in [0.717, 1.165) is 11.1 Å². The topological polar surface area (TPSA) is 41.1 Å². The molecule has 116 valence electrons. The van der Waals surface area contributed by atoms with Crippen LogP contribution in [-0.2, 0) is 4.79 Å². The van der Waals surface area contributed by atoms with Crippen molar-refractivity contribution in [2.24, 2.45) is 0 Å². The molecule has 3 heteroatoms. The summed E-state index contributed by atoms with van der Waals surface area (Å²) < 4.78 is 0. The summed E-state index contributed by atoms with van der Waals surface area (Å²) in [6.07, 6.45) is 0. The molecule has 0 heterocycles. The van der Waals surface area contributed by atoms with Gasteiger partial charge in [0.05, 0.1) is 6.54 Å². The number of carbonyl (C=O) groups is 1. The summed E-state index contributed by atoms with van der Waals surface area (Å²) in [7, 11) is 0. The number of fused-ring (bicyclic) bond motifs is 1. The van der Waals surface area contributed by atoms with E-state index in [1.807, 2.05) is 54.6 Å². The van der Waals surface area contributed by atoms with Gasteiger partial charge in [-0.1, -0.05) is 60.7 Å². The minimum Gasteiger partial charge on any atom is -0.325 e. The number of amides is 1. The SMILES string of the molecule is CC(NCC(=O)Nc1ccc2ccccc2c1)c1ccccc1. The van der Waals surface area contributed by atoms with Gasteiger partial charge < -0.3 is 10.6 Å². The average molecular weight is 304 g/mol. The van der Waals surface area contributed by atoms with Crippen molar-refractivity contribution in [2.45, 2.75) is 13.0 Å². The standard InChI is InChI=1S/C20H20N2O/c1-15(16-7-3-2-4-8-16)21-14-20(23)22-19-12-11-17-9-5-6-10-18(17)13-19/h2-13,15,21H,14H2,1H3,(H,22,23). The summed E-state index contributed by atoms with van der Waals surface area (Å²) in [5, 5.41) is 8.47. The molecule has 23 heavy (non-hydrogen) atoms. The first-order valence-corrected chi connectivity index (χ1v) is 7.79. The lowest BCUT2D eigenvalue weighted by Gasteiger charge is -2.14. The smallest absolute Gasteiger partial charge is 0.238 e. The number of hydrogen-bond donors (Lipinski definition) is 2. The first-order chi connectivity index (χ1) is 11.2. The lowest BCUT2D eigenvalue weighted by atomic mass is 10.1. The molecule has 0 radical (unpaired) electrons. The van der Waals surface area contributed by atoms with Gasteiger partial charge >= 0.3 is 0 Å². The number of benzene rings is 3. The minimum atomic E-state index is -0.0388. The zero-order valence-electron chi connectivity index (χ0n) is 13.1. The third kappa shape index (κ3) is 3.96. The number of anilines is 1. The van der Waals surface area contributed by atoms with Crippen molar-refractivity contribution in [3.63, 3.8) is 0 Å². The van der Waals surface area contributed by atoms with Crippen molar-refractivity contribution in [2.75, 3.05) is 11.9 Å². The van der Waals surface area contributed by atoms with Crippen LogP contribution < -0.4 is 10.6 Å². The Morgan fingerprint density at radius 2 is 1.61 bits per heavy atom. The molecule has 3 aromatic rings. The molecule has 0 aliphatic heterocycles. The number of rotatable bonds is 5. The summed E-state index contributed by atoms with van der Waals surface area (Å²) in [5.74, 6) is -0.0388. The van der Waals surface area contributed by atoms with Crippen molar-refractivity contribution >= 4 is 22.4 Å². The second kappa shape index (κ2) is 7.07. The van der Waals surface area contributed by atoms with E-state index in [-0.39, 0.29) is 18.5 Å². The van der Waals surface area contributed by atoms with Crippen LogP contribution in [0.15, 0.2) is 72.8 Å². The van der Waals surface area contributed by atoms with Crippen molar-refractivity contribution in [3.8, 4) is 0 Å². The maximum atomic E-state index is 12.1. The highest BCUT2D eigenvalue weighted by molar-refractivity contribution is 5.95. The molecule has 1 amide bonds. The third-order valence-corrected chi connectivity index (χ3v) is 3.90. The number of hydrogen-bond acceptors (Lipinski definition) is 2. The van der Waals surface area contributed by atoms with Gasteiger partial charge in [-0.2, -0.15) is 0 Å². The summed E-state index contributed by atoms with van der Waals surface area (Å²) in [5.41, 5.74) is 1.99. The third-order valence-electron chi connectivity index (χ3n) is 3.90. The van der Waals surface area contributed by atoms with Gasteiger partial charge in [0.2, 0.25) is 5.91 Å². The van der Waals surface area contributed by atoms with Crippen LogP contribution in [0.1, 0.15) is 18.5 Å². The number of carbonyl (C=O) groups excluding carboxylic acids is 1. The first-order valence-electron chi connectivity index (χ1n) is 7.79. The van der Waals surface area contributed by atoms with Crippen LogP contribution in [0.25, 0.3) is 10.8 Å². The summed E-state index contributed by atoms with van der Waals surface area (Å²) in [6, 6.07) is 24.3. The van der Waals surface area contributed by atoms with Crippen molar-refractivity contribution in [1.29, 1.82) is 0 Å². The normalized spacial score (nSPS) is 12.0. The molecule has 0 saturated carbocycles. The molecule has 0 aliphatic rings. The van der Waals surface area contributed by atoms with Crippen LogP contribution in [0.5, 0.6) is 0 Å². The van der Waals surface area contributed by atoms with Gasteiger partial charge in [-0.05, 0) is 35.4 Å². The quantitative estimate of drug-likeness (QED) is 0.744. The highest BCUT2D eigenvalue weighted by Crippen LogP contribution is 2.18. The van der Waals surface area contributed by atoms with Crippen LogP contribution in [0, 0.1) is 0 Å². The van der Waals surface area contributed by atoms with E-state index in [2.05, 4.69) is 35.8 Å². The van der Waals surface area contributed by atoms with Crippen molar-refractivity contribution < 1.29 is 4.79 Å². The molecule has 0 fully saturated rings. The highest BCUT2D eigenvalue weighted by atomic mass is 16.1. The molecular weight excluding hydrogens is 284 g/mol. The van der Waals surface area contributed by atoms with Crippen LogP contribution in [-0.4, -0.2) is 12.5 Å². The van der Waals surface area contributed by atoms with Crippen LogP contribution in [0.4, 0.5) is 5.69 Å². The van der Waals surface area contributed by atoms with E-state index in [4.69, 9.17) is 0 Å². The molecule has 1 unspecified atom stereocenters. The monoisotopic (exact) mass is 304 g/mol. The molecule has 3 nitrogen and oxygen atoms in total. The van der Waals surface area contributed by atoms with Crippen LogP contribution in [0.3, 0.4) is 0 Å². The largest absolute Gasteiger partial charge is 0.325 e. The Morgan fingerprint density at radius 1 is 0.913 bits per heavy atom. The molecule has 3 rings (SSSR count). The molecule has 0 bridgehead atoms. The Bertz CT molecular complexity index is 799. The van der Waals surface area contributed by atoms with E-state index in [1.54, 1.807) is 0 Å². The lowest BCUT2D eigenvalue weighted by molar-refractivity contribution is -0.115. The van der Waals surface area contributed by atoms with E-state index >= 15 is 0 Å². The fourth-order valence-corrected chi connectivity index (χ4v) is 2.58. The van der Waals surface area contributed by atoms with Crippen molar-refractivity contribution in [1.82, 2.24) is 5.32 Å². The van der Waals surface area contributed by atoms with Crippen molar-refractivity contribution in [3.05, 3.63) is 78.4 Å². The molecule has 3 aromatic carbocycles. The van der Waals surface area contributed by atoms with Gasteiger partial charge in [-0.15, -0.1) is 0 Å². The molecular formula is C20H20N2O. The zero-order chi connectivity index (χ0) is 16.1. The summed E-state index contributed by atoms with van der Waals surface area (Å²) in [4.78, 5) is 12.1. The molecule has 2 N–H and O–H groups in total. The van der Waals surface area contributed by atoms with Gasteiger partial charge in [0, 0.05) is 11.7 Å². The predicted molar refractivity (Wildman–Crippen MR) is 95.4 cm³/mol. The second-order valence-electron chi connectivity index (χ2n) is 5.62.